The van der Waals surface area contributed by atoms with Crippen LogP contribution >= 0.6 is 0 Å². The van der Waals surface area contributed by atoms with E-state index in [1.807, 2.05) is 24.3 Å². The Balaban J connectivity index is 1.63. The minimum atomic E-state index is -1.10. The van der Waals surface area contributed by atoms with Crippen molar-refractivity contribution < 1.29 is 19.5 Å². The molecule has 1 aliphatic heterocycles. The van der Waals surface area contributed by atoms with E-state index in [2.05, 4.69) is 38.1 Å². The molecule has 3 aliphatic carbocycles. The molecule has 32 heavy (non-hydrogen) atoms. The summed E-state index contributed by atoms with van der Waals surface area (Å²) >= 11 is 0. The fraction of sp³-hybridized carbons (Fsp3) is 0.222. The highest BCUT2D eigenvalue weighted by molar-refractivity contribution is 6.24. The fourth-order valence-electron chi connectivity index (χ4n) is 6.60. The third-order valence-electron chi connectivity index (χ3n) is 7.99. The standard InChI is InChI=1S/C27H21NO4/c1-26-17-10-3-5-12-19(17)27(2,20-13-6-4-11-18(20)26)22-21(26)23(29)28(24(22)30)16-9-7-8-15(14-16)25(31)32/h3-14,21-22H,1-2H3,(H,31,32)/t21-,22-,26?,27?/m0/s1. The summed E-state index contributed by atoms with van der Waals surface area (Å²) < 4.78 is 0. The number of carbonyl (C=O) groups is 3. The Kier molecular flexibility index (Phi) is 3.53. The lowest BCUT2D eigenvalue weighted by Gasteiger charge is -2.57. The number of imide groups is 1. The topological polar surface area (TPSA) is 74.7 Å². The van der Waals surface area contributed by atoms with Gasteiger partial charge in [0.25, 0.3) is 0 Å². The zero-order valence-corrected chi connectivity index (χ0v) is 17.7. The maximum atomic E-state index is 13.9. The van der Waals surface area contributed by atoms with Crippen molar-refractivity contribution in [1.29, 1.82) is 0 Å². The van der Waals surface area contributed by atoms with E-state index in [4.69, 9.17) is 0 Å². The molecule has 0 saturated carbocycles. The Labute approximate surface area is 185 Å². The van der Waals surface area contributed by atoms with Crippen LogP contribution in [0.2, 0.25) is 0 Å². The SMILES string of the molecule is CC12c3ccccc3C(C)(c3ccccc31)[C@@H]1C(=O)N(c3cccc(C(=O)O)c3)C(=O)[C@H]12. The maximum Gasteiger partial charge on any atom is 0.335 e. The van der Waals surface area contributed by atoms with E-state index in [1.165, 1.54) is 17.0 Å². The molecule has 1 fully saturated rings. The van der Waals surface area contributed by atoms with Crippen LogP contribution in [0.1, 0.15) is 46.5 Å². The van der Waals surface area contributed by atoms with Gasteiger partial charge in [0.1, 0.15) is 0 Å². The summed E-state index contributed by atoms with van der Waals surface area (Å²) in [5.74, 6) is -2.74. The molecule has 0 radical (unpaired) electrons. The van der Waals surface area contributed by atoms with Gasteiger partial charge in [-0.3, -0.25) is 9.59 Å². The van der Waals surface area contributed by atoms with Crippen LogP contribution in [-0.4, -0.2) is 22.9 Å². The molecule has 3 aromatic carbocycles. The molecule has 0 spiro atoms. The van der Waals surface area contributed by atoms with Crippen molar-refractivity contribution in [3.8, 4) is 0 Å². The number of carbonyl (C=O) groups excluding carboxylic acids is 2. The third kappa shape index (κ3) is 1.97. The van der Waals surface area contributed by atoms with Crippen molar-refractivity contribution in [3.63, 3.8) is 0 Å². The van der Waals surface area contributed by atoms with E-state index in [-0.39, 0.29) is 17.4 Å². The maximum absolute atomic E-state index is 13.9. The van der Waals surface area contributed by atoms with Gasteiger partial charge >= 0.3 is 5.97 Å². The summed E-state index contributed by atoms with van der Waals surface area (Å²) in [6, 6.07) is 22.3. The fourth-order valence-corrected chi connectivity index (χ4v) is 6.60. The van der Waals surface area contributed by atoms with E-state index in [0.29, 0.717) is 5.69 Å². The van der Waals surface area contributed by atoms with E-state index in [0.717, 1.165) is 22.3 Å². The molecule has 7 rings (SSSR count). The predicted octanol–water partition coefficient (Wildman–Crippen LogP) is 4.13. The summed E-state index contributed by atoms with van der Waals surface area (Å²) in [5.41, 5.74) is 3.41. The first-order valence-electron chi connectivity index (χ1n) is 10.7. The van der Waals surface area contributed by atoms with E-state index in [9.17, 15) is 19.5 Å². The molecule has 0 unspecified atom stereocenters. The largest absolute Gasteiger partial charge is 0.478 e. The number of aromatic carboxylic acids is 1. The number of rotatable bonds is 2. The summed E-state index contributed by atoms with van der Waals surface area (Å²) in [4.78, 5) is 40.6. The van der Waals surface area contributed by atoms with Crippen LogP contribution in [0.3, 0.4) is 0 Å². The van der Waals surface area contributed by atoms with E-state index < -0.39 is 28.6 Å². The van der Waals surface area contributed by atoms with Gasteiger partial charge in [0.2, 0.25) is 11.8 Å². The molecule has 5 nitrogen and oxygen atoms in total. The first-order chi connectivity index (χ1) is 15.3. The molecule has 1 N–H and O–H groups in total. The monoisotopic (exact) mass is 423 g/mol. The highest BCUT2D eigenvalue weighted by Gasteiger charge is 2.70. The molecular weight excluding hydrogens is 402 g/mol. The quantitative estimate of drug-likeness (QED) is 0.629. The zero-order chi connectivity index (χ0) is 22.4. The average molecular weight is 423 g/mol. The van der Waals surface area contributed by atoms with Gasteiger partial charge in [-0.25, -0.2) is 9.69 Å². The number of hydrogen-bond acceptors (Lipinski definition) is 3. The third-order valence-corrected chi connectivity index (χ3v) is 7.99. The van der Waals surface area contributed by atoms with Crippen molar-refractivity contribution in [2.75, 3.05) is 4.90 Å². The summed E-state index contributed by atoms with van der Waals surface area (Å²) in [6.45, 7) is 4.15. The van der Waals surface area contributed by atoms with Crippen LogP contribution in [-0.2, 0) is 20.4 Å². The van der Waals surface area contributed by atoms with Crippen LogP contribution < -0.4 is 4.90 Å². The predicted molar refractivity (Wildman–Crippen MR) is 119 cm³/mol. The number of carboxylic acid groups (broad SMARTS) is 1. The van der Waals surface area contributed by atoms with Crippen LogP contribution in [0.25, 0.3) is 0 Å². The molecule has 158 valence electrons. The second kappa shape index (κ2) is 5.94. The molecule has 3 aromatic rings. The van der Waals surface area contributed by atoms with Gasteiger partial charge in [0, 0.05) is 10.8 Å². The van der Waals surface area contributed by atoms with Crippen molar-refractivity contribution >= 4 is 23.5 Å². The van der Waals surface area contributed by atoms with Crippen molar-refractivity contribution in [2.45, 2.75) is 24.7 Å². The van der Waals surface area contributed by atoms with Crippen LogP contribution in [0.5, 0.6) is 0 Å². The Hall–Kier alpha value is -3.73. The Morgan fingerprint density at radius 1 is 0.750 bits per heavy atom. The Morgan fingerprint density at radius 3 is 1.59 bits per heavy atom. The van der Waals surface area contributed by atoms with Gasteiger partial charge in [0.05, 0.1) is 23.1 Å². The van der Waals surface area contributed by atoms with Crippen LogP contribution in [0.4, 0.5) is 5.69 Å². The first kappa shape index (κ1) is 19.0. The van der Waals surface area contributed by atoms with Crippen molar-refractivity contribution in [1.82, 2.24) is 0 Å². The lowest BCUT2D eigenvalue weighted by Crippen LogP contribution is -2.59. The highest BCUT2D eigenvalue weighted by atomic mass is 16.4. The molecule has 2 amide bonds. The van der Waals surface area contributed by atoms with Crippen molar-refractivity contribution in [2.24, 2.45) is 11.8 Å². The van der Waals surface area contributed by atoms with Crippen LogP contribution in [0, 0.1) is 11.8 Å². The van der Waals surface area contributed by atoms with Gasteiger partial charge < -0.3 is 5.11 Å². The van der Waals surface area contributed by atoms with Gasteiger partial charge in [-0.15, -0.1) is 0 Å². The summed E-state index contributed by atoms with van der Waals surface area (Å²) in [6.07, 6.45) is 0. The average Bonchev–Trinajstić information content (AvgIpc) is 3.08. The summed E-state index contributed by atoms with van der Waals surface area (Å²) in [5, 5.41) is 9.41. The molecule has 2 atom stereocenters. The van der Waals surface area contributed by atoms with Gasteiger partial charge in [-0.2, -0.15) is 0 Å². The first-order valence-corrected chi connectivity index (χ1v) is 10.7. The summed E-state index contributed by atoms with van der Waals surface area (Å²) in [7, 11) is 0. The molecule has 4 aliphatic rings. The molecule has 5 heteroatoms. The Morgan fingerprint density at radius 2 is 1.19 bits per heavy atom. The number of amides is 2. The smallest absolute Gasteiger partial charge is 0.335 e. The zero-order valence-electron chi connectivity index (χ0n) is 17.7. The number of benzene rings is 3. The minimum absolute atomic E-state index is 0.0462. The second-order valence-corrected chi connectivity index (χ2v) is 9.32. The minimum Gasteiger partial charge on any atom is -0.478 e. The van der Waals surface area contributed by atoms with Gasteiger partial charge in [0.15, 0.2) is 0 Å². The molecule has 1 saturated heterocycles. The molecule has 2 bridgehead atoms. The second-order valence-electron chi connectivity index (χ2n) is 9.32. The van der Waals surface area contributed by atoms with Crippen LogP contribution in [0.15, 0.2) is 72.8 Å². The van der Waals surface area contributed by atoms with E-state index in [1.54, 1.807) is 12.1 Å². The Bertz CT molecular complexity index is 1240. The number of anilines is 1. The lowest BCUT2D eigenvalue weighted by atomic mass is 9.42. The highest BCUT2D eigenvalue weighted by Crippen LogP contribution is 2.66. The number of nitrogens with zero attached hydrogens (tertiary/aromatic N) is 1. The molecular formula is C27H21NO4. The van der Waals surface area contributed by atoms with Gasteiger partial charge in [-0.1, -0.05) is 68.4 Å². The molecule has 1 heterocycles. The van der Waals surface area contributed by atoms with Gasteiger partial charge in [-0.05, 0) is 40.5 Å². The van der Waals surface area contributed by atoms with E-state index >= 15 is 0 Å². The lowest BCUT2D eigenvalue weighted by molar-refractivity contribution is -0.124. The number of carboxylic acids is 1. The normalized spacial score (nSPS) is 29.5. The molecule has 0 aromatic heterocycles. The van der Waals surface area contributed by atoms with Crippen molar-refractivity contribution in [3.05, 3.63) is 101 Å². The number of hydrogen-bond donors (Lipinski definition) is 1.